The molecule has 1 aliphatic rings. The first-order chi connectivity index (χ1) is 14.4. The summed E-state index contributed by atoms with van der Waals surface area (Å²) in [6.45, 7) is 0. The Morgan fingerprint density at radius 2 is 1.97 bits per heavy atom. The number of aromatic hydroxyl groups is 2. The SMILES string of the molecule is COc1cc([C@@H]2CC(c3c(O)n(C)c(=O)[nH]c3=O)=Nc3ccccc3S2)ccc1O. The number of thioether (sulfide) groups is 1. The Morgan fingerprint density at radius 1 is 1.20 bits per heavy atom. The van der Waals surface area contributed by atoms with E-state index in [1.54, 1.807) is 30.0 Å². The molecule has 0 fully saturated rings. The molecule has 0 saturated carbocycles. The van der Waals surface area contributed by atoms with Crippen LogP contribution in [0.1, 0.15) is 22.8 Å². The smallest absolute Gasteiger partial charge is 0.330 e. The highest BCUT2D eigenvalue weighted by Gasteiger charge is 2.27. The first-order valence-corrected chi connectivity index (χ1v) is 9.99. The van der Waals surface area contributed by atoms with E-state index in [0.717, 1.165) is 15.0 Å². The van der Waals surface area contributed by atoms with Crippen LogP contribution in [0.2, 0.25) is 0 Å². The second-order valence-corrected chi connectivity index (χ2v) is 8.03. The standard InChI is InChI=1S/C21H19N3O5S/c1-24-20(27)18(19(26)23-21(24)28)13-10-17(11-7-8-14(25)15(9-11)29-2)30-16-6-4-3-5-12(16)22-13/h3-9,17,25,27H,10H2,1-2H3,(H,23,26,28)/t17-/m0/s1. The minimum Gasteiger partial charge on any atom is -0.504 e. The molecule has 0 amide bonds. The van der Waals surface area contributed by atoms with Crippen LogP contribution in [0.4, 0.5) is 5.69 Å². The van der Waals surface area contributed by atoms with Gasteiger partial charge in [-0.05, 0) is 29.8 Å². The van der Waals surface area contributed by atoms with Crippen LogP contribution in [0.25, 0.3) is 0 Å². The number of phenols is 1. The van der Waals surface area contributed by atoms with Crippen molar-refractivity contribution in [1.29, 1.82) is 0 Å². The van der Waals surface area contributed by atoms with Crippen LogP contribution in [0.5, 0.6) is 17.4 Å². The first-order valence-electron chi connectivity index (χ1n) is 9.12. The van der Waals surface area contributed by atoms with Crippen LogP contribution in [-0.2, 0) is 7.05 Å². The van der Waals surface area contributed by atoms with Gasteiger partial charge in [0.05, 0.1) is 18.5 Å². The van der Waals surface area contributed by atoms with Gasteiger partial charge in [-0.3, -0.25) is 19.3 Å². The number of ether oxygens (including phenoxy) is 1. The molecule has 0 radical (unpaired) electrons. The van der Waals surface area contributed by atoms with Gasteiger partial charge < -0.3 is 14.9 Å². The Bertz CT molecular complexity index is 1280. The lowest BCUT2D eigenvalue weighted by Gasteiger charge is -2.17. The van der Waals surface area contributed by atoms with Gasteiger partial charge in [-0.25, -0.2) is 4.79 Å². The molecule has 8 nitrogen and oxygen atoms in total. The van der Waals surface area contributed by atoms with Gasteiger partial charge in [-0.2, -0.15) is 0 Å². The van der Waals surface area contributed by atoms with E-state index in [4.69, 9.17) is 4.74 Å². The van der Waals surface area contributed by atoms with Crippen molar-refractivity contribution in [3.63, 3.8) is 0 Å². The zero-order chi connectivity index (χ0) is 21.4. The molecule has 0 saturated heterocycles. The maximum absolute atomic E-state index is 12.6. The van der Waals surface area contributed by atoms with Crippen molar-refractivity contribution in [3.05, 3.63) is 74.4 Å². The highest BCUT2D eigenvalue weighted by Crippen LogP contribution is 2.46. The predicted octanol–water partition coefficient (Wildman–Crippen LogP) is 2.85. The van der Waals surface area contributed by atoms with Crippen LogP contribution in [0, 0.1) is 0 Å². The Kier molecular flexibility index (Phi) is 5.13. The van der Waals surface area contributed by atoms with Gasteiger partial charge in [0.25, 0.3) is 5.56 Å². The number of methoxy groups -OCH3 is 1. The molecular formula is C21H19N3O5S. The summed E-state index contributed by atoms with van der Waals surface area (Å²) in [6.07, 6.45) is 0.308. The number of hydrogen-bond donors (Lipinski definition) is 3. The van der Waals surface area contributed by atoms with Crippen LogP contribution >= 0.6 is 11.8 Å². The van der Waals surface area contributed by atoms with E-state index in [1.807, 2.05) is 24.3 Å². The zero-order valence-electron chi connectivity index (χ0n) is 16.2. The van der Waals surface area contributed by atoms with E-state index in [-0.39, 0.29) is 16.6 Å². The van der Waals surface area contributed by atoms with E-state index in [1.165, 1.54) is 14.2 Å². The van der Waals surface area contributed by atoms with Gasteiger partial charge in [0.2, 0.25) is 5.88 Å². The van der Waals surface area contributed by atoms with Gasteiger partial charge in [0.15, 0.2) is 11.5 Å². The molecule has 0 aliphatic carbocycles. The normalized spacial score (nSPS) is 15.8. The fourth-order valence-electron chi connectivity index (χ4n) is 3.32. The molecule has 2 aromatic carbocycles. The van der Waals surface area contributed by atoms with E-state index in [0.29, 0.717) is 23.6 Å². The lowest BCUT2D eigenvalue weighted by Crippen LogP contribution is -2.32. The fourth-order valence-corrected chi connectivity index (χ4v) is 4.54. The van der Waals surface area contributed by atoms with Crippen LogP contribution < -0.4 is 16.0 Å². The minimum absolute atomic E-state index is 0.0290. The number of rotatable bonds is 3. The topological polar surface area (TPSA) is 117 Å². The Labute approximate surface area is 175 Å². The van der Waals surface area contributed by atoms with Gasteiger partial charge in [0.1, 0.15) is 5.56 Å². The third-order valence-electron chi connectivity index (χ3n) is 4.93. The number of nitrogens with zero attached hydrogens (tertiary/aromatic N) is 2. The average Bonchev–Trinajstić information content (AvgIpc) is 2.92. The largest absolute Gasteiger partial charge is 0.504 e. The molecule has 30 heavy (non-hydrogen) atoms. The van der Waals surface area contributed by atoms with Crippen LogP contribution in [0.15, 0.2) is 61.9 Å². The first kappa shape index (κ1) is 19.8. The average molecular weight is 425 g/mol. The molecule has 1 aliphatic heterocycles. The summed E-state index contributed by atoms with van der Waals surface area (Å²) in [6, 6.07) is 12.6. The quantitative estimate of drug-likeness (QED) is 0.594. The van der Waals surface area contributed by atoms with Gasteiger partial charge in [-0.15, -0.1) is 11.8 Å². The van der Waals surface area contributed by atoms with Crippen molar-refractivity contribution < 1.29 is 14.9 Å². The maximum Gasteiger partial charge on any atom is 0.330 e. The number of fused-ring (bicyclic) bond motifs is 1. The van der Waals surface area contributed by atoms with Crippen molar-refractivity contribution >= 4 is 23.2 Å². The molecule has 3 aromatic rings. The molecule has 0 bridgehead atoms. The van der Waals surface area contributed by atoms with Crippen LogP contribution in [0.3, 0.4) is 0 Å². The number of benzene rings is 2. The summed E-state index contributed by atoms with van der Waals surface area (Å²) < 4.78 is 6.21. The number of para-hydroxylation sites is 1. The highest BCUT2D eigenvalue weighted by molar-refractivity contribution is 7.99. The van der Waals surface area contributed by atoms with E-state index in [2.05, 4.69) is 9.98 Å². The molecule has 0 unspecified atom stereocenters. The van der Waals surface area contributed by atoms with Gasteiger partial charge >= 0.3 is 5.69 Å². The molecule has 9 heteroatoms. The molecule has 4 rings (SSSR count). The molecule has 0 spiro atoms. The number of hydrogen-bond acceptors (Lipinski definition) is 7. The van der Waals surface area contributed by atoms with Gasteiger partial charge in [0, 0.05) is 23.6 Å². The Morgan fingerprint density at radius 3 is 2.73 bits per heavy atom. The summed E-state index contributed by atoms with van der Waals surface area (Å²) in [5.41, 5.74) is 0.452. The second kappa shape index (κ2) is 7.75. The summed E-state index contributed by atoms with van der Waals surface area (Å²) in [4.78, 5) is 32.2. The lowest BCUT2D eigenvalue weighted by molar-refractivity contribution is 0.373. The summed E-state index contributed by atoms with van der Waals surface area (Å²) in [5, 5.41) is 20.3. The second-order valence-electron chi connectivity index (χ2n) is 6.79. The zero-order valence-corrected chi connectivity index (χ0v) is 17.1. The number of nitrogens with one attached hydrogen (secondary N) is 1. The highest BCUT2D eigenvalue weighted by atomic mass is 32.2. The van der Waals surface area contributed by atoms with Crippen molar-refractivity contribution in [1.82, 2.24) is 9.55 Å². The number of aromatic nitrogens is 2. The van der Waals surface area contributed by atoms with Crippen molar-refractivity contribution in [2.24, 2.45) is 12.0 Å². The number of phenolic OH excluding ortho intramolecular Hbond substituents is 1. The van der Waals surface area contributed by atoms with E-state index in [9.17, 15) is 19.8 Å². The molecule has 1 aromatic heterocycles. The summed E-state index contributed by atoms with van der Waals surface area (Å²) in [7, 11) is 2.85. The van der Waals surface area contributed by atoms with Crippen LogP contribution in [-0.4, -0.2) is 32.6 Å². The van der Waals surface area contributed by atoms with Crippen molar-refractivity contribution in [2.45, 2.75) is 16.6 Å². The number of aromatic amines is 1. The Balaban J connectivity index is 1.90. The summed E-state index contributed by atoms with van der Waals surface area (Å²) in [5.74, 6) is -0.0675. The Hall–Kier alpha value is -3.46. The van der Waals surface area contributed by atoms with E-state index >= 15 is 0 Å². The molecule has 154 valence electrons. The number of H-pyrrole nitrogens is 1. The molecular weight excluding hydrogens is 406 g/mol. The third kappa shape index (κ3) is 3.48. The lowest BCUT2D eigenvalue weighted by atomic mass is 10.0. The van der Waals surface area contributed by atoms with E-state index < -0.39 is 17.1 Å². The monoisotopic (exact) mass is 425 g/mol. The molecule has 1 atom stereocenters. The third-order valence-corrected chi connectivity index (χ3v) is 6.25. The molecule has 2 heterocycles. The van der Waals surface area contributed by atoms with Gasteiger partial charge in [-0.1, -0.05) is 18.2 Å². The molecule has 3 N–H and O–H groups in total. The van der Waals surface area contributed by atoms with Crippen molar-refractivity contribution in [2.75, 3.05) is 7.11 Å². The fraction of sp³-hybridized carbons (Fsp3) is 0.190. The minimum atomic E-state index is -0.704. The van der Waals surface area contributed by atoms with Crippen molar-refractivity contribution in [3.8, 4) is 17.4 Å². The maximum atomic E-state index is 12.6. The number of aliphatic imine (C=N–C) groups is 1. The predicted molar refractivity (Wildman–Crippen MR) is 114 cm³/mol. The summed E-state index contributed by atoms with van der Waals surface area (Å²) >= 11 is 1.56.